The fourth-order valence-corrected chi connectivity index (χ4v) is 3.21. The van der Waals surface area contributed by atoms with Gasteiger partial charge in [0.2, 0.25) is 0 Å². The van der Waals surface area contributed by atoms with E-state index in [-0.39, 0.29) is 0 Å². The average molecular weight is 244 g/mol. The van der Waals surface area contributed by atoms with Gasteiger partial charge in [0.15, 0.2) is 0 Å². The van der Waals surface area contributed by atoms with Crippen molar-refractivity contribution >= 4 is 25.2 Å². The molecule has 0 unspecified atom stereocenters. The SMILES string of the molecule is O=S(=O)(O)P(O)(O)(O)S(=O)(=O)O. The Hall–Kier alpha value is 0.130. The summed E-state index contributed by atoms with van der Waals surface area (Å²) in [6.07, 6.45) is 0. The molecule has 0 bridgehead atoms. The Balaban J connectivity index is 6.01. The van der Waals surface area contributed by atoms with Crippen LogP contribution >= 0.6 is 5.69 Å². The van der Waals surface area contributed by atoms with Crippen LogP contribution in [0.4, 0.5) is 0 Å². The van der Waals surface area contributed by atoms with Gasteiger partial charge >= 0.3 is 65.8 Å². The van der Waals surface area contributed by atoms with Crippen LogP contribution in [0.2, 0.25) is 0 Å². The quantitative estimate of drug-likeness (QED) is 0.269. The van der Waals surface area contributed by atoms with E-state index < -0.39 is 25.2 Å². The minimum atomic E-state index is -7.52. The Morgan fingerprint density at radius 1 is 0.750 bits per heavy atom. The van der Waals surface area contributed by atoms with Crippen molar-refractivity contribution in [3.8, 4) is 0 Å². The van der Waals surface area contributed by atoms with Gasteiger partial charge in [-0.25, -0.2) is 0 Å². The van der Waals surface area contributed by atoms with Gasteiger partial charge in [-0.3, -0.25) is 0 Å². The van der Waals surface area contributed by atoms with Gasteiger partial charge in [0.05, 0.1) is 0 Å². The van der Waals surface area contributed by atoms with E-state index in [0.29, 0.717) is 0 Å². The third-order valence-corrected chi connectivity index (χ3v) is 10.7. The van der Waals surface area contributed by atoms with E-state index >= 15 is 0 Å². The molecule has 12 heavy (non-hydrogen) atoms. The zero-order valence-electron chi connectivity index (χ0n) is 5.13. The second-order valence-electron chi connectivity index (χ2n) is 1.73. The van der Waals surface area contributed by atoms with Crippen molar-refractivity contribution in [2.24, 2.45) is 0 Å². The molecule has 0 fully saturated rings. The molecule has 0 rings (SSSR count). The first-order valence-corrected chi connectivity index (χ1v) is 8.18. The van der Waals surface area contributed by atoms with Crippen molar-refractivity contribution in [1.82, 2.24) is 0 Å². The van der Waals surface area contributed by atoms with Crippen molar-refractivity contribution in [3.05, 3.63) is 0 Å². The standard InChI is InChI=1S/H5O9PS2/c1-10(2,3,11(4,5)6)12(7,8)9/h1-3H,(H,4,5,6)(H,7,8,9). The Kier molecular flexibility index (Phi) is 2.36. The first-order valence-electron chi connectivity index (χ1n) is 2.00. The molecule has 5 N–H and O–H groups in total. The summed E-state index contributed by atoms with van der Waals surface area (Å²) in [5.41, 5.74) is -7.52. The van der Waals surface area contributed by atoms with Crippen molar-refractivity contribution in [2.75, 3.05) is 0 Å². The molecule has 76 valence electrons. The fourth-order valence-electron chi connectivity index (χ4n) is 0.119. The van der Waals surface area contributed by atoms with Gasteiger partial charge < -0.3 is 0 Å². The van der Waals surface area contributed by atoms with Crippen molar-refractivity contribution < 1.29 is 40.6 Å². The first-order chi connectivity index (χ1) is 4.79. The summed E-state index contributed by atoms with van der Waals surface area (Å²) in [4.78, 5) is 24.7. The zero-order valence-corrected chi connectivity index (χ0v) is 7.66. The molecule has 0 aliphatic heterocycles. The predicted molar refractivity (Wildman–Crippen MR) is 36.7 cm³/mol. The van der Waals surface area contributed by atoms with Crippen LogP contribution in [0.3, 0.4) is 0 Å². The average Bonchev–Trinajstić information content (AvgIpc) is 1.55. The third kappa shape index (κ3) is 1.45. The van der Waals surface area contributed by atoms with Gasteiger partial charge in [-0.05, 0) is 0 Å². The molecular formula is H5O9PS2. The molecule has 0 aromatic carbocycles. The summed E-state index contributed by atoms with van der Waals surface area (Å²) < 4.78 is 55.5. The summed E-state index contributed by atoms with van der Waals surface area (Å²) in [6, 6.07) is 0. The second-order valence-corrected chi connectivity index (χ2v) is 12.7. The van der Waals surface area contributed by atoms with Crippen molar-refractivity contribution in [1.29, 1.82) is 0 Å². The van der Waals surface area contributed by atoms with Crippen LogP contribution in [0.15, 0.2) is 0 Å². The summed E-state index contributed by atoms with van der Waals surface area (Å²) >= 11 is 0. The number of hydrogen-bond acceptors (Lipinski definition) is 7. The van der Waals surface area contributed by atoms with Crippen molar-refractivity contribution in [3.63, 3.8) is 0 Å². The van der Waals surface area contributed by atoms with E-state index in [1.807, 2.05) is 0 Å². The van der Waals surface area contributed by atoms with Crippen LogP contribution < -0.4 is 0 Å². The van der Waals surface area contributed by atoms with Gasteiger partial charge in [-0.1, -0.05) is 0 Å². The predicted octanol–water partition coefficient (Wildman–Crippen LogP) is -2.13. The maximum absolute atomic E-state index is 9.95. The topological polar surface area (TPSA) is 169 Å². The minimum absolute atomic E-state index is 6.10. The first kappa shape index (κ1) is 12.1. The summed E-state index contributed by atoms with van der Waals surface area (Å²) in [5, 5.41) is 0. The van der Waals surface area contributed by atoms with E-state index in [1.54, 1.807) is 0 Å². The summed E-state index contributed by atoms with van der Waals surface area (Å²) in [7, 11) is -12.2. The molecule has 9 nitrogen and oxygen atoms in total. The van der Waals surface area contributed by atoms with Gasteiger partial charge in [0, 0.05) is 0 Å². The molecule has 0 aromatic heterocycles. The molecule has 0 aliphatic carbocycles. The fraction of sp³-hybridized carbons (Fsp3) is 0. The Labute approximate surface area is 66.4 Å². The van der Waals surface area contributed by atoms with Crippen LogP contribution in [0.25, 0.3) is 0 Å². The molecule has 0 amide bonds. The Bertz CT molecular complexity index is 336. The van der Waals surface area contributed by atoms with E-state index in [9.17, 15) is 16.8 Å². The summed E-state index contributed by atoms with van der Waals surface area (Å²) in [6.45, 7) is 0. The molecule has 0 heterocycles. The van der Waals surface area contributed by atoms with E-state index in [4.69, 9.17) is 23.8 Å². The van der Waals surface area contributed by atoms with Crippen LogP contribution in [-0.2, 0) is 19.5 Å². The van der Waals surface area contributed by atoms with Gasteiger partial charge in [0.25, 0.3) is 0 Å². The van der Waals surface area contributed by atoms with Crippen LogP contribution in [-0.4, -0.2) is 40.6 Å². The molecule has 12 heteroatoms. The van der Waals surface area contributed by atoms with Crippen LogP contribution in [0, 0.1) is 0 Å². The molecule has 0 saturated heterocycles. The molecule has 0 aromatic rings. The molecule has 0 spiro atoms. The monoisotopic (exact) mass is 244 g/mol. The Morgan fingerprint density at radius 3 is 0.917 bits per heavy atom. The normalized spacial score (nSPS) is 18.2. The number of hydrogen-bond donors (Lipinski definition) is 5. The maximum atomic E-state index is 9.95. The molecule has 0 saturated carbocycles. The molecule has 0 atom stereocenters. The molecular weight excluding hydrogens is 239 g/mol. The Morgan fingerprint density at radius 2 is 0.917 bits per heavy atom. The van der Waals surface area contributed by atoms with Crippen LogP contribution in [0.1, 0.15) is 0 Å². The zero-order chi connectivity index (χ0) is 10.4. The third-order valence-electron chi connectivity index (χ3n) is 0.807. The number of rotatable bonds is 2. The van der Waals surface area contributed by atoms with Crippen LogP contribution in [0.5, 0.6) is 0 Å². The molecule has 0 aliphatic rings. The van der Waals surface area contributed by atoms with E-state index in [2.05, 4.69) is 0 Å². The summed E-state index contributed by atoms with van der Waals surface area (Å²) in [5.74, 6) is 0. The van der Waals surface area contributed by atoms with E-state index in [1.165, 1.54) is 0 Å². The van der Waals surface area contributed by atoms with Gasteiger partial charge in [-0.15, -0.1) is 0 Å². The van der Waals surface area contributed by atoms with Crippen molar-refractivity contribution in [2.45, 2.75) is 0 Å². The van der Waals surface area contributed by atoms with E-state index in [0.717, 1.165) is 0 Å². The van der Waals surface area contributed by atoms with Gasteiger partial charge in [-0.2, -0.15) is 0 Å². The second kappa shape index (κ2) is 2.33. The van der Waals surface area contributed by atoms with Gasteiger partial charge in [0.1, 0.15) is 0 Å². The molecule has 0 radical (unpaired) electrons.